The van der Waals surface area contributed by atoms with Gasteiger partial charge in [-0.2, -0.15) is 0 Å². The Morgan fingerprint density at radius 3 is 2.75 bits per heavy atom. The molecule has 0 radical (unpaired) electrons. The zero-order chi connectivity index (χ0) is 14.1. The topological polar surface area (TPSA) is 58.4 Å². The van der Waals surface area contributed by atoms with Crippen LogP contribution < -0.4 is 16.0 Å². The number of rotatable bonds is 5. The van der Waals surface area contributed by atoms with Gasteiger partial charge < -0.3 is 16.0 Å². The van der Waals surface area contributed by atoms with Crippen molar-refractivity contribution in [3.8, 4) is 0 Å². The molecule has 4 nitrogen and oxygen atoms in total. The molecule has 110 valence electrons. The van der Waals surface area contributed by atoms with Crippen molar-refractivity contribution in [3.63, 3.8) is 0 Å². The van der Waals surface area contributed by atoms with Crippen LogP contribution in [-0.2, 0) is 0 Å². The Morgan fingerprint density at radius 2 is 2.10 bits per heavy atom. The maximum Gasteiger partial charge on any atom is 0.263 e. The number of thiophene rings is 1. The minimum atomic E-state index is -0.00415. The van der Waals surface area contributed by atoms with Gasteiger partial charge in [0.25, 0.3) is 5.91 Å². The van der Waals surface area contributed by atoms with E-state index in [4.69, 9.17) is 5.73 Å². The molecule has 0 spiro atoms. The van der Waals surface area contributed by atoms with Crippen LogP contribution in [0.4, 0.5) is 10.7 Å². The van der Waals surface area contributed by atoms with E-state index in [2.05, 4.69) is 17.3 Å². The average molecular weight is 293 g/mol. The summed E-state index contributed by atoms with van der Waals surface area (Å²) in [4.78, 5) is 15.0. The van der Waals surface area contributed by atoms with Gasteiger partial charge in [0, 0.05) is 19.6 Å². The molecule has 20 heavy (non-hydrogen) atoms. The number of nitrogens with one attached hydrogen (secondary N) is 1. The molecule has 2 aliphatic carbocycles. The van der Waals surface area contributed by atoms with Crippen LogP contribution in [0.2, 0.25) is 0 Å². The summed E-state index contributed by atoms with van der Waals surface area (Å²) in [5.74, 6) is 0.794. The number of amides is 1. The maximum atomic E-state index is 12.1. The average Bonchev–Trinajstić information content (AvgIpc) is 2.91. The lowest BCUT2D eigenvalue weighted by molar-refractivity contribution is 0.0956. The predicted molar refractivity (Wildman–Crippen MR) is 84.4 cm³/mol. The first-order valence-corrected chi connectivity index (χ1v) is 8.36. The van der Waals surface area contributed by atoms with Crippen LogP contribution in [0.3, 0.4) is 0 Å². The van der Waals surface area contributed by atoms with Gasteiger partial charge in [0.2, 0.25) is 0 Å². The molecular weight excluding hydrogens is 270 g/mol. The molecule has 3 N–H and O–H groups in total. The van der Waals surface area contributed by atoms with Crippen molar-refractivity contribution >= 4 is 27.9 Å². The van der Waals surface area contributed by atoms with Crippen molar-refractivity contribution in [2.24, 2.45) is 5.92 Å². The lowest BCUT2D eigenvalue weighted by Crippen LogP contribution is -2.25. The Bertz CT molecular complexity index is 489. The summed E-state index contributed by atoms with van der Waals surface area (Å²) in [6.45, 7) is 1.07. The highest BCUT2D eigenvalue weighted by molar-refractivity contribution is 7.18. The van der Waals surface area contributed by atoms with Gasteiger partial charge in [-0.15, -0.1) is 11.3 Å². The van der Waals surface area contributed by atoms with Crippen molar-refractivity contribution < 1.29 is 4.79 Å². The summed E-state index contributed by atoms with van der Waals surface area (Å²) in [5.41, 5.74) is 6.62. The van der Waals surface area contributed by atoms with E-state index in [1.54, 1.807) is 0 Å². The first-order chi connectivity index (χ1) is 9.63. The van der Waals surface area contributed by atoms with E-state index in [1.165, 1.54) is 37.0 Å². The van der Waals surface area contributed by atoms with Gasteiger partial charge in [-0.1, -0.05) is 12.8 Å². The lowest BCUT2D eigenvalue weighted by Gasteiger charge is -2.21. The molecule has 0 unspecified atom stereocenters. The van der Waals surface area contributed by atoms with Crippen LogP contribution in [0.25, 0.3) is 0 Å². The zero-order valence-electron chi connectivity index (χ0n) is 12.0. The largest absolute Gasteiger partial charge is 0.397 e. The first kappa shape index (κ1) is 13.7. The number of anilines is 2. The van der Waals surface area contributed by atoms with Crippen molar-refractivity contribution in [1.82, 2.24) is 5.32 Å². The number of hydrogen-bond acceptors (Lipinski definition) is 4. The van der Waals surface area contributed by atoms with Crippen molar-refractivity contribution in [1.29, 1.82) is 0 Å². The fourth-order valence-corrected chi connectivity index (χ4v) is 3.86. The molecule has 1 aromatic heterocycles. The molecule has 2 saturated carbocycles. The second-order valence-corrected chi connectivity index (χ2v) is 7.18. The summed E-state index contributed by atoms with van der Waals surface area (Å²) in [6, 6.07) is 2.32. The van der Waals surface area contributed by atoms with Crippen LogP contribution in [-0.4, -0.2) is 25.5 Å². The Balaban J connectivity index is 1.65. The van der Waals surface area contributed by atoms with Crippen LogP contribution in [0.15, 0.2) is 6.07 Å². The molecule has 2 aliphatic rings. The normalized spacial score (nSPS) is 19.2. The predicted octanol–water partition coefficient (Wildman–Crippen LogP) is 2.85. The van der Waals surface area contributed by atoms with E-state index in [0.717, 1.165) is 30.3 Å². The highest BCUT2D eigenvalue weighted by atomic mass is 32.1. The van der Waals surface area contributed by atoms with Crippen LogP contribution in [0, 0.1) is 5.92 Å². The first-order valence-electron chi connectivity index (χ1n) is 7.55. The van der Waals surface area contributed by atoms with Crippen LogP contribution >= 0.6 is 11.3 Å². The SMILES string of the molecule is CN(CC1CCCC1)c1cc(N)c(C(=O)NC2CC2)s1. The zero-order valence-corrected chi connectivity index (χ0v) is 12.8. The van der Waals surface area contributed by atoms with Gasteiger partial charge in [-0.3, -0.25) is 4.79 Å². The van der Waals surface area contributed by atoms with Gasteiger partial charge in [0.15, 0.2) is 0 Å². The van der Waals surface area contributed by atoms with E-state index in [9.17, 15) is 4.79 Å². The van der Waals surface area contributed by atoms with E-state index < -0.39 is 0 Å². The molecular formula is C15H23N3OS. The molecule has 3 rings (SSSR count). The van der Waals surface area contributed by atoms with Crippen molar-refractivity contribution in [2.75, 3.05) is 24.2 Å². The maximum absolute atomic E-state index is 12.1. The Hall–Kier alpha value is -1.23. The lowest BCUT2D eigenvalue weighted by atomic mass is 10.1. The molecule has 0 saturated heterocycles. The highest BCUT2D eigenvalue weighted by Gasteiger charge is 2.26. The van der Waals surface area contributed by atoms with Crippen LogP contribution in [0.1, 0.15) is 48.2 Å². The standard InChI is InChI=1S/C15H23N3OS/c1-18(9-10-4-2-3-5-10)13-8-12(16)14(20-13)15(19)17-11-6-7-11/h8,10-11H,2-7,9,16H2,1H3,(H,17,19). The van der Waals surface area contributed by atoms with E-state index >= 15 is 0 Å². The third kappa shape index (κ3) is 3.08. The Morgan fingerprint density at radius 1 is 1.40 bits per heavy atom. The number of carbonyl (C=O) groups is 1. The summed E-state index contributed by atoms with van der Waals surface area (Å²) in [7, 11) is 2.10. The number of nitrogens with two attached hydrogens (primary N) is 1. The minimum Gasteiger partial charge on any atom is -0.397 e. The monoisotopic (exact) mass is 293 g/mol. The molecule has 0 atom stereocenters. The molecule has 1 amide bonds. The van der Waals surface area contributed by atoms with E-state index in [1.807, 2.05) is 6.07 Å². The molecule has 1 heterocycles. The highest BCUT2D eigenvalue weighted by Crippen LogP contribution is 2.34. The van der Waals surface area contributed by atoms with Crippen molar-refractivity contribution in [3.05, 3.63) is 10.9 Å². The van der Waals surface area contributed by atoms with Crippen LogP contribution in [0.5, 0.6) is 0 Å². The second kappa shape index (κ2) is 5.64. The number of hydrogen-bond donors (Lipinski definition) is 2. The number of nitrogens with zero attached hydrogens (tertiary/aromatic N) is 1. The van der Waals surface area contributed by atoms with Gasteiger partial charge >= 0.3 is 0 Å². The minimum absolute atomic E-state index is 0.00415. The molecule has 0 bridgehead atoms. The summed E-state index contributed by atoms with van der Waals surface area (Å²) in [6.07, 6.45) is 7.59. The fraction of sp³-hybridized carbons (Fsp3) is 0.667. The number of carbonyl (C=O) groups excluding carboxylic acids is 1. The number of nitrogen functional groups attached to an aromatic ring is 1. The summed E-state index contributed by atoms with van der Waals surface area (Å²) < 4.78 is 0. The van der Waals surface area contributed by atoms with E-state index in [0.29, 0.717) is 16.6 Å². The summed E-state index contributed by atoms with van der Waals surface area (Å²) in [5, 5.41) is 4.12. The van der Waals surface area contributed by atoms with E-state index in [-0.39, 0.29) is 5.91 Å². The third-order valence-corrected chi connectivity index (χ3v) is 5.51. The smallest absolute Gasteiger partial charge is 0.263 e. The van der Waals surface area contributed by atoms with Crippen molar-refractivity contribution in [2.45, 2.75) is 44.6 Å². The fourth-order valence-electron chi connectivity index (χ4n) is 2.91. The molecule has 1 aromatic rings. The molecule has 0 aliphatic heterocycles. The quantitative estimate of drug-likeness (QED) is 0.877. The molecule has 2 fully saturated rings. The van der Waals surface area contributed by atoms with Gasteiger partial charge in [-0.05, 0) is 37.7 Å². The van der Waals surface area contributed by atoms with Gasteiger partial charge in [-0.25, -0.2) is 0 Å². The molecule has 5 heteroatoms. The second-order valence-electron chi connectivity index (χ2n) is 6.15. The Kier molecular flexibility index (Phi) is 3.87. The van der Waals surface area contributed by atoms with Gasteiger partial charge in [0.05, 0.1) is 10.7 Å². The Labute approximate surface area is 124 Å². The van der Waals surface area contributed by atoms with Gasteiger partial charge in [0.1, 0.15) is 4.88 Å². The summed E-state index contributed by atoms with van der Waals surface area (Å²) >= 11 is 1.52. The third-order valence-electron chi connectivity index (χ3n) is 4.25. The molecule has 0 aromatic carbocycles.